The molecule has 2 heterocycles. The number of ether oxygens (including phenoxy) is 2. The van der Waals surface area contributed by atoms with Gasteiger partial charge in [0.05, 0.1) is 0 Å². The third kappa shape index (κ3) is 3.72. The third-order valence-corrected chi connectivity index (χ3v) is 3.46. The summed E-state index contributed by atoms with van der Waals surface area (Å²) in [5, 5.41) is 19.0. The lowest BCUT2D eigenvalue weighted by Crippen LogP contribution is -2.24. The van der Waals surface area contributed by atoms with Crippen molar-refractivity contribution in [3.05, 3.63) is 52.1 Å². The second-order valence-electron chi connectivity index (χ2n) is 5.39. The molecule has 0 saturated carbocycles. The molecule has 146 valence electrons. The fourth-order valence-corrected chi connectivity index (χ4v) is 2.18. The van der Waals surface area contributed by atoms with Gasteiger partial charge in [-0.3, -0.25) is 4.79 Å². The summed E-state index contributed by atoms with van der Waals surface area (Å²) in [4.78, 5) is 39.6. The molecule has 28 heavy (non-hydrogen) atoms. The number of benzene rings is 1. The van der Waals surface area contributed by atoms with E-state index >= 15 is 0 Å². The summed E-state index contributed by atoms with van der Waals surface area (Å²) in [5.74, 6) is -4.26. The Labute approximate surface area is 154 Å². The lowest BCUT2D eigenvalue weighted by Gasteiger charge is -2.09. The van der Waals surface area contributed by atoms with Gasteiger partial charge in [0, 0.05) is 30.5 Å². The number of rotatable bonds is 5. The molecule has 0 aliphatic rings. The second-order valence-corrected chi connectivity index (χ2v) is 5.39. The fraction of sp³-hybridized carbons (Fsp3) is 0.118. The maximum Gasteiger partial charge on any atom is 0.371 e. The van der Waals surface area contributed by atoms with Crippen LogP contribution in [0.2, 0.25) is 0 Å². The van der Waals surface area contributed by atoms with E-state index < -0.39 is 47.5 Å². The summed E-state index contributed by atoms with van der Waals surface area (Å²) in [5.41, 5.74) is -1.82. The van der Waals surface area contributed by atoms with Crippen LogP contribution >= 0.6 is 0 Å². The van der Waals surface area contributed by atoms with Crippen molar-refractivity contribution < 1.29 is 42.9 Å². The Kier molecular flexibility index (Phi) is 4.90. The first kappa shape index (κ1) is 18.8. The van der Waals surface area contributed by atoms with E-state index in [-0.39, 0.29) is 16.7 Å². The smallest absolute Gasteiger partial charge is 0.371 e. The summed E-state index contributed by atoms with van der Waals surface area (Å²) in [6, 6.07) is 5.10. The first-order chi connectivity index (χ1) is 13.3. The standard InChI is InChI=1S/C17H12FNO9/c1-8(20)25-7-26-13-6-12-9(5-11(13)18)4-10(16(23)27-12)17(24)28-19-14(21)2-3-15(19)22/h2-6,21-22H,7H2,1H3. The van der Waals surface area contributed by atoms with Crippen molar-refractivity contribution in [2.24, 2.45) is 0 Å². The van der Waals surface area contributed by atoms with Crippen LogP contribution in [-0.2, 0) is 9.53 Å². The number of halogens is 1. The highest BCUT2D eigenvalue weighted by Crippen LogP contribution is 2.25. The monoisotopic (exact) mass is 393 g/mol. The number of esters is 1. The number of fused-ring (bicyclic) bond motifs is 1. The number of carbonyl (C=O) groups is 2. The number of hydrogen-bond acceptors (Lipinski definition) is 9. The molecule has 2 aromatic heterocycles. The van der Waals surface area contributed by atoms with Crippen molar-refractivity contribution in [1.82, 2.24) is 4.73 Å². The van der Waals surface area contributed by atoms with Crippen LogP contribution in [0.4, 0.5) is 4.39 Å². The van der Waals surface area contributed by atoms with Crippen LogP contribution in [0.25, 0.3) is 11.0 Å². The molecule has 0 aliphatic heterocycles. The second kappa shape index (κ2) is 7.31. The topological polar surface area (TPSA) is 137 Å². The van der Waals surface area contributed by atoms with E-state index in [1.807, 2.05) is 0 Å². The molecule has 0 bridgehead atoms. The summed E-state index contributed by atoms with van der Waals surface area (Å²) in [6.07, 6.45) is 0. The quantitative estimate of drug-likeness (QED) is 0.373. The van der Waals surface area contributed by atoms with Crippen LogP contribution < -0.4 is 15.2 Å². The molecule has 0 fully saturated rings. The van der Waals surface area contributed by atoms with Gasteiger partial charge in [0.15, 0.2) is 11.6 Å². The Morgan fingerprint density at radius 2 is 1.86 bits per heavy atom. The largest absolute Gasteiger partial charge is 0.492 e. The van der Waals surface area contributed by atoms with Gasteiger partial charge in [-0.15, -0.1) is 4.73 Å². The minimum atomic E-state index is -1.26. The predicted octanol–water partition coefficient (Wildman–Crippen LogP) is 1.31. The van der Waals surface area contributed by atoms with Gasteiger partial charge in [0.25, 0.3) is 0 Å². The molecule has 3 aromatic rings. The van der Waals surface area contributed by atoms with Gasteiger partial charge in [-0.2, -0.15) is 0 Å². The number of aromatic nitrogens is 1. The molecular formula is C17H12FNO9. The van der Waals surface area contributed by atoms with Gasteiger partial charge in [-0.25, -0.2) is 14.0 Å². The molecule has 1 aromatic carbocycles. The molecule has 0 unspecified atom stereocenters. The van der Waals surface area contributed by atoms with E-state index in [1.54, 1.807) is 0 Å². The van der Waals surface area contributed by atoms with Gasteiger partial charge in [0.2, 0.25) is 18.6 Å². The highest BCUT2D eigenvalue weighted by Gasteiger charge is 2.20. The van der Waals surface area contributed by atoms with Crippen molar-refractivity contribution in [2.45, 2.75) is 6.92 Å². The van der Waals surface area contributed by atoms with Gasteiger partial charge in [-0.1, -0.05) is 0 Å². The maximum absolute atomic E-state index is 14.1. The zero-order chi connectivity index (χ0) is 20.4. The molecule has 2 N–H and O–H groups in total. The molecule has 10 nitrogen and oxygen atoms in total. The Balaban J connectivity index is 1.91. The highest BCUT2D eigenvalue weighted by molar-refractivity contribution is 5.93. The molecule has 0 saturated heterocycles. The number of aromatic hydroxyl groups is 2. The zero-order valence-corrected chi connectivity index (χ0v) is 14.2. The SMILES string of the molecule is CC(=O)OCOc1cc2oc(=O)c(C(=O)On3c(O)ccc3O)cc2cc1F. The molecule has 11 heteroatoms. The molecule has 0 radical (unpaired) electrons. The van der Waals surface area contributed by atoms with E-state index in [4.69, 9.17) is 14.0 Å². The fourth-order valence-electron chi connectivity index (χ4n) is 2.18. The summed E-state index contributed by atoms with van der Waals surface area (Å²) in [7, 11) is 0. The maximum atomic E-state index is 14.1. The van der Waals surface area contributed by atoms with Crippen LogP contribution in [0.3, 0.4) is 0 Å². The third-order valence-electron chi connectivity index (χ3n) is 3.46. The molecule has 0 spiro atoms. The lowest BCUT2D eigenvalue weighted by atomic mass is 10.1. The van der Waals surface area contributed by atoms with Crippen LogP contribution in [0.15, 0.2) is 39.5 Å². The minimum Gasteiger partial charge on any atom is -0.492 e. The first-order valence-electron chi connectivity index (χ1n) is 7.62. The van der Waals surface area contributed by atoms with Crippen molar-refractivity contribution in [3.8, 4) is 17.5 Å². The van der Waals surface area contributed by atoms with E-state index in [2.05, 4.69) is 4.74 Å². The van der Waals surface area contributed by atoms with E-state index in [9.17, 15) is 29.0 Å². The van der Waals surface area contributed by atoms with E-state index in [0.717, 1.165) is 37.3 Å². The zero-order valence-electron chi connectivity index (χ0n) is 14.2. The molecule has 0 atom stereocenters. The van der Waals surface area contributed by atoms with Crippen LogP contribution in [0.5, 0.6) is 17.5 Å². The predicted molar refractivity (Wildman–Crippen MR) is 88.4 cm³/mol. The summed E-state index contributed by atoms with van der Waals surface area (Å²) in [6.45, 7) is 0.600. The van der Waals surface area contributed by atoms with Crippen LogP contribution in [0, 0.1) is 5.82 Å². The Morgan fingerprint density at radius 3 is 2.50 bits per heavy atom. The Hall–Kier alpha value is -4.02. The van der Waals surface area contributed by atoms with E-state index in [1.165, 1.54) is 0 Å². The van der Waals surface area contributed by atoms with Crippen molar-refractivity contribution in [2.75, 3.05) is 6.79 Å². The van der Waals surface area contributed by atoms with Gasteiger partial charge in [-0.05, 0) is 12.1 Å². The van der Waals surface area contributed by atoms with E-state index in [0.29, 0.717) is 4.73 Å². The Bertz CT molecular complexity index is 1110. The Morgan fingerprint density at radius 1 is 1.18 bits per heavy atom. The normalized spacial score (nSPS) is 10.6. The summed E-state index contributed by atoms with van der Waals surface area (Å²) >= 11 is 0. The highest BCUT2D eigenvalue weighted by atomic mass is 19.1. The van der Waals surface area contributed by atoms with Crippen molar-refractivity contribution >= 4 is 22.9 Å². The molecule has 0 aliphatic carbocycles. The number of nitrogens with zero attached hydrogens (tertiary/aromatic N) is 1. The summed E-state index contributed by atoms with van der Waals surface area (Å²) < 4.78 is 28.9. The van der Waals surface area contributed by atoms with Crippen LogP contribution in [-0.4, -0.2) is 33.7 Å². The minimum absolute atomic E-state index is 0.0323. The number of carbonyl (C=O) groups excluding carboxylic acids is 2. The molecular weight excluding hydrogens is 381 g/mol. The van der Waals surface area contributed by atoms with Crippen molar-refractivity contribution in [3.63, 3.8) is 0 Å². The number of hydrogen-bond donors (Lipinski definition) is 2. The van der Waals surface area contributed by atoms with Crippen LogP contribution in [0.1, 0.15) is 17.3 Å². The molecule has 3 rings (SSSR count). The van der Waals surface area contributed by atoms with Gasteiger partial charge < -0.3 is 28.9 Å². The van der Waals surface area contributed by atoms with Crippen molar-refractivity contribution in [1.29, 1.82) is 0 Å². The average Bonchev–Trinajstić information content (AvgIpc) is 2.93. The molecule has 0 amide bonds. The van der Waals surface area contributed by atoms with Gasteiger partial charge >= 0.3 is 17.6 Å². The lowest BCUT2D eigenvalue weighted by molar-refractivity contribution is -0.147. The first-order valence-corrected chi connectivity index (χ1v) is 7.62. The average molecular weight is 393 g/mol. The van der Waals surface area contributed by atoms with Gasteiger partial charge in [0.1, 0.15) is 11.1 Å².